The van der Waals surface area contributed by atoms with Crippen molar-refractivity contribution in [3.8, 4) is 5.69 Å². The molecule has 1 heterocycles. The molecule has 0 saturated carbocycles. The second-order valence-corrected chi connectivity index (χ2v) is 7.32. The van der Waals surface area contributed by atoms with Crippen LogP contribution < -0.4 is 5.32 Å². The first-order valence-corrected chi connectivity index (χ1v) is 9.18. The number of fused-ring (bicyclic) bond motifs is 1. The van der Waals surface area contributed by atoms with Crippen molar-refractivity contribution in [2.45, 2.75) is 0 Å². The van der Waals surface area contributed by atoms with Crippen LogP contribution in [0.25, 0.3) is 16.7 Å². The summed E-state index contributed by atoms with van der Waals surface area (Å²) in [5, 5.41) is 5.55. The fourth-order valence-electron chi connectivity index (χ4n) is 2.69. The van der Waals surface area contributed by atoms with Gasteiger partial charge in [0, 0.05) is 21.4 Å². The van der Waals surface area contributed by atoms with E-state index in [1.54, 1.807) is 12.1 Å². The standard InChI is InChI=1S/C19H11Cl4N3/c20-11-1-5-14(6-2-11)26-18-8-3-12(21)9-17(18)25-19(26)24-13-4-7-15(22)16(23)10-13/h1-10H,(H,24,25). The van der Waals surface area contributed by atoms with Gasteiger partial charge in [0.05, 0.1) is 21.1 Å². The van der Waals surface area contributed by atoms with Crippen molar-refractivity contribution >= 4 is 69.1 Å². The van der Waals surface area contributed by atoms with Crippen molar-refractivity contribution in [2.75, 3.05) is 5.32 Å². The summed E-state index contributed by atoms with van der Waals surface area (Å²) in [6.45, 7) is 0. The van der Waals surface area contributed by atoms with Crippen LogP contribution in [0.1, 0.15) is 0 Å². The number of nitrogens with one attached hydrogen (secondary N) is 1. The maximum atomic E-state index is 6.13. The van der Waals surface area contributed by atoms with E-state index in [1.807, 2.05) is 53.1 Å². The highest BCUT2D eigenvalue weighted by molar-refractivity contribution is 6.42. The van der Waals surface area contributed by atoms with Crippen LogP contribution in [-0.2, 0) is 0 Å². The Morgan fingerprint density at radius 1 is 0.731 bits per heavy atom. The van der Waals surface area contributed by atoms with E-state index in [0.717, 1.165) is 22.4 Å². The van der Waals surface area contributed by atoms with Crippen molar-refractivity contribution in [1.82, 2.24) is 9.55 Å². The van der Waals surface area contributed by atoms with Crippen LogP contribution in [0.2, 0.25) is 20.1 Å². The van der Waals surface area contributed by atoms with Gasteiger partial charge in [-0.05, 0) is 60.7 Å². The molecule has 7 heteroatoms. The summed E-state index contributed by atoms with van der Waals surface area (Å²) in [5.74, 6) is 0.628. The molecule has 1 N–H and O–H groups in total. The highest BCUT2D eigenvalue weighted by atomic mass is 35.5. The Labute approximate surface area is 170 Å². The Bertz CT molecular complexity index is 1100. The molecule has 0 radical (unpaired) electrons. The highest BCUT2D eigenvalue weighted by Gasteiger charge is 2.14. The van der Waals surface area contributed by atoms with E-state index < -0.39 is 0 Å². The molecule has 0 aliphatic rings. The van der Waals surface area contributed by atoms with Gasteiger partial charge in [-0.2, -0.15) is 0 Å². The normalized spacial score (nSPS) is 11.1. The molecule has 1 aromatic heterocycles. The summed E-state index contributed by atoms with van der Waals surface area (Å²) in [4.78, 5) is 4.68. The maximum absolute atomic E-state index is 6.13. The summed E-state index contributed by atoms with van der Waals surface area (Å²) in [6, 6.07) is 18.4. The van der Waals surface area contributed by atoms with Crippen LogP contribution in [-0.4, -0.2) is 9.55 Å². The molecule has 4 rings (SSSR count). The summed E-state index contributed by atoms with van der Waals surface area (Å²) >= 11 is 24.3. The lowest BCUT2D eigenvalue weighted by Gasteiger charge is -2.11. The third kappa shape index (κ3) is 3.36. The molecule has 0 amide bonds. The van der Waals surface area contributed by atoms with Crippen LogP contribution in [0.15, 0.2) is 60.7 Å². The predicted molar refractivity (Wildman–Crippen MR) is 111 cm³/mol. The molecule has 26 heavy (non-hydrogen) atoms. The number of benzene rings is 3. The number of anilines is 2. The average molecular weight is 423 g/mol. The van der Waals surface area contributed by atoms with Crippen molar-refractivity contribution < 1.29 is 0 Å². The molecule has 130 valence electrons. The summed E-state index contributed by atoms with van der Waals surface area (Å²) in [5.41, 5.74) is 3.38. The molecule has 4 aromatic rings. The Kier molecular flexibility index (Phi) is 4.72. The van der Waals surface area contributed by atoms with Gasteiger partial charge in [0.1, 0.15) is 0 Å². The van der Waals surface area contributed by atoms with Crippen LogP contribution in [0.5, 0.6) is 0 Å². The summed E-state index contributed by atoms with van der Waals surface area (Å²) in [7, 11) is 0. The van der Waals surface area contributed by atoms with E-state index in [2.05, 4.69) is 10.3 Å². The zero-order valence-corrected chi connectivity index (χ0v) is 16.2. The Hall–Kier alpha value is -1.91. The summed E-state index contributed by atoms with van der Waals surface area (Å²) in [6.07, 6.45) is 0. The quantitative estimate of drug-likeness (QED) is 0.373. The smallest absolute Gasteiger partial charge is 0.213 e. The molecule has 3 aromatic carbocycles. The molecule has 0 aliphatic heterocycles. The number of imidazole rings is 1. The zero-order chi connectivity index (χ0) is 18.3. The monoisotopic (exact) mass is 421 g/mol. The molecule has 0 spiro atoms. The number of aromatic nitrogens is 2. The first-order chi connectivity index (χ1) is 12.5. The minimum absolute atomic E-state index is 0.467. The van der Waals surface area contributed by atoms with E-state index in [4.69, 9.17) is 46.4 Å². The number of nitrogens with zero attached hydrogens (tertiary/aromatic N) is 2. The lowest BCUT2D eigenvalue weighted by Crippen LogP contribution is -2.01. The fraction of sp³-hybridized carbons (Fsp3) is 0. The first kappa shape index (κ1) is 17.5. The summed E-state index contributed by atoms with van der Waals surface area (Å²) < 4.78 is 1.99. The van der Waals surface area contributed by atoms with Crippen molar-refractivity contribution in [2.24, 2.45) is 0 Å². The fourth-order valence-corrected chi connectivity index (χ4v) is 3.28. The van der Waals surface area contributed by atoms with Gasteiger partial charge in [0.25, 0.3) is 0 Å². The largest absolute Gasteiger partial charge is 0.325 e. The number of hydrogen-bond donors (Lipinski definition) is 1. The van der Waals surface area contributed by atoms with Crippen LogP contribution in [0.3, 0.4) is 0 Å². The lowest BCUT2D eigenvalue weighted by molar-refractivity contribution is 1.10. The van der Waals surface area contributed by atoms with Crippen LogP contribution >= 0.6 is 46.4 Å². The first-order valence-electron chi connectivity index (χ1n) is 7.67. The molecule has 3 nitrogen and oxygen atoms in total. The average Bonchev–Trinajstić information content (AvgIpc) is 2.96. The molecule has 0 bridgehead atoms. The van der Waals surface area contributed by atoms with E-state index in [9.17, 15) is 0 Å². The molecule has 0 aliphatic carbocycles. The van der Waals surface area contributed by atoms with Gasteiger partial charge in [-0.25, -0.2) is 4.98 Å². The van der Waals surface area contributed by atoms with Crippen molar-refractivity contribution in [3.05, 3.63) is 80.8 Å². The predicted octanol–water partition coefficient (Wildman–Crippen LogP) is 7.38. The van der Waals surface area contributed by atoms with E-state index in [0.29, 0.717) is 26.0 Å². The molecule has 0 saturated heterocycles. The number of rotatable bonds is 3. The van der Waals surface area contributed by atoms with Gasteiger partial charge < -0.3 is 5.32 Å². The minimum Gasteiger partial charge on any atom is -0.325 e. The van der Waals surface area contributed by atoms with Crippen LogP contribution in [0.4, 0.5) is 11.6 Å². The molecule has 0 fully saturated rings. The number of hydrogen-bond acceptors (Lipinski definition) is 2. The minimum atomic E-state index is 0.467. The van der Waals surface area contributed by atoms with Crippen molar-refractivity contribution in [3.63, 3.8) is 0 Å². The maximum Gasteiger partial charge on any atom is 0.213 e. The molecular weight excluding hydrogens is 412 g/mol. The topological polar surface area (TPSA) is 29.9 Å². The third-order valence-corrected chi connectivity index (χ3v) is 5.10. The Morgan fingerprint density at radius 3 is 2.19 bits per heavy atom. The highest BCUT2D eigenvalue weighted by Crippen LogP contribution is 2.31. The number of halogens is 4. The Morgan fingerprint density at radius 2 is 1.46 bits per heavy atom. The second-order valence-electron chi connectivity index (χ2n) is 5.63. The van der Waals surface area contributed by atoms with Crippen molar-refractivity contribution in [1.29, 1.82) is 0 Å². The zero-order valence-electron chi connectivity index (χ0n) is 13.2. The third-order valence-electron chi connectivity index (χ3n) is 3.88. The van der Waals surface area contributed by atoms with Gasteiger partial charge in [0.2, 0.25) is 5.95 Å². The molecule has 0 unspecified atom stereocenters. The molecule has 0 atom stereocenters. The van der Waals surface area contributed by atoms with Gasteiger partial charge in [-0.15, -0.1) is 0 Å². The van der Waals surface area contributed by atoms with Gasteiger partial charge >= 0.3 is 0 Å². The van der Waals surface area contributed by atoms with E-state index in [1.165, 1.54) is 0 Å². The van der Waals surface area contributed by atoms with E-state index >= 15 is 0 Å². The molecular formula is C19H11Cl4N3. The second kappa shape index (κ2) is 7.01. The van der Waals surface area contributed by atoms with Gasteiger partial charge in [-0.3, -0.25) is 4.57 Å². The van der Waals surface area contributed by atoms with Crippen LogP contribution in [0, 0.1) is 0 Å². The van der Waals surface area contributed by atoms with E-state index in [-0.39, 0.29) is 0 Å². The van der Waals surface area contributed by atoms with Gasteiger partial charge in [-0.1, -0.05) is 46.4 Å². The SMILES string of the molecule is Clc1ccc(-n2c(Nc3ccc(Cl)c(Cl)c3)nc3cc(Cl)ccc32)cc1. The van der Waals surface area contributed by atoms with Gasteiger partial charge in [0.15, 0.2) is 0 Å². The lowest BCUT2D eigenvalue weighted by atomic mass is 10.3. The Balaban J connectivity index is 1.88.